The standard InChI is InChI=1S/C22H23N7O/c1-15(22-24-16(2)27-30-22)28-10-12-29(13-11-28)21-18-7-3-4-8-19(18)25-20(26-21)17-6-5-9-23-14-17/h3-9,14-15H,10-13H2,1-2H3. The van der Waals surface area contributed by atoms with Gasteiger partial charge < -0.3 is 9.42 Å². The van der Waals surface area contributed by atoms with Crippen LogP contribution in [0.25, 0.3) is 22.3 Å². The van der Waals surface area contributed by atoms with Crippen LogP contribution in [0.1, 0.15) is 24.7 Å². The van der Waals surface area contributed by atoms with Crippen molar-refractivity contribution in [3.8, 4) is 11.4 Å². The van der Waals surface area contributed by atoms with Crippen LogP contribution in [0, 0.1) is 6.92 Å². The minimum absolute atomic E-state index is 0.0986. The van der Waals surface area contributed by atoms with E-state index >= 15 is 0 Å². The highest BCUT2D eigenvalue weighted by Gasteiger charge is 2.27. The van der Waals surface area contributed by atoms with Crippen molar-refractivity contribution < 1.29 is 4.52 Å². The molecule has 0 amide bonds. The van der Waals surface area contributed by atoms with E-state index in [0.717, 1.165) is 48.5 Å². The Hall–Kier alpha value is -3.39. The Morgan fingerprint density at radius 1 is 0.967 bits per heavy atom. The van der Waals surface area contributed by atoms with Crippen molar-refractivity contribution >= 4 is 16.7 Å². The lowest BCUT2D eigenvalue weighted by molar-refractivity contribution is 0.164. The molecule has 5 rings (SSSR count). The molecular formula is C22H23N7O. The van der Waals surface area contributed by atoms with E-state index in [1.807, 2.05) is 37.3 Å². The second-order valence-corrected chi connectivity index (χ2v) is 7.51. The number of rotatable bonds is 4. The quantitative estimate of drug-likeness (QED) is 0.515. The van der Waals surface area contributed by atoms with Gasteiger partial charge in [-0.05, 0) is 38.1 Å². The predicted octanol–water partition coefficient (Wildman–Crippen LogP) is 3.27. The number of aromatic nitrogens is 5. The Morgan fingerprint density at radius 3 is 2.53 bits per heavy atom. The van der Waals surface area contributed by atoms with E-state index in [1.165, 1.54) is 0 Å². The van der Waals surface area contributed by atoms with Crippen molar-refractivity contribution in [2.45, 2.75) is 19.9 Å². The van der Waals surface area contributed by atoms with Crippen molar-refractivity contribution in [2.24, 2.45) is 0 Å². The van der Waals surface area contributed by atoms with Gasteiger partial charge in [-0.15, -0.1) is 0 Å². The van der Waals surface area contributed by atoms with Crippen molar-refractivity contribution in [1.82, 2.24) is 30.0 Å². The number of para-hydroxylation sites is 1. The van der Waals surface area contributed by atoms with Gasteiger partial charge in [0.2, 0.25) is 5.89 Å². The highest BCUT2D eigenvalue weighted by Crippen LogP contribution is 2.29. The first-order valence-corrected chi connectivity index (χ1v) is 10.2. The first-order valence-electron chi connectivity index (χ1n) is 10.2. The molecule has 8 heteroatoms. The number of hydrogen-bond acceptors (Lipinski definition) is 8. The number of pyridine rings is 1. The number of anilines is 1. The molecule has 4 aromatic rings. The maximum Gasteiger partial charge on any atom is 0.243 e. The third-order valence-electron chi connectivity index (χ3n) is 5.57. The average Bonchev–Trinajstić information content (AvgIpc) is 3.25. The van der Waals surface area contributed by atoms with E-state index in [0.29, 0.717) is 17.5 Å². The van der Waals surface area contributed by atoms with Crippen molar-refractivity contribution in [2.75, 3.05) is 31.1 Å². The van der Waals surface area contributed by atoms with Crippen molar-refractivity contribution in [1.29, 1.82) is 0 Å². The molecule has 1 aliphatic heterocycles. The molecule has 0 spiro atoms. The smallest absolute Gasteiger partial charge is 0.243 e. The van der Waals surface area contributed by atoms with Crippen LogP contribution in [0.2, 0.25) is 0 Å². The van der Waals surface area contributed by atoms with Crippen LogP contribution in [0.5, 0.6) is 0 Å². The molecule has 1 unspecified atom stereocenters. The molecule has 0 bridgehead atoms. The summed E-state index contributed by atoms with van der Waals surface area (Å²) >= 11 is 0. The van der Waals surface area contributed by atoms with Crippen LogP contribution in [0.3, 0.4) is 0 Å². The minimum atomic E-state index is 0.0986. The van der Waals surface area contributed by atoms with E-state index in [2.05, 4.69) is 37.9 Å². The largest absolute Gasteiger partial charge is 0.353 e. The number of benzene rings is 1. The monoisotopic (exact) mass is 401 g/mol. The van der Waals surface area contributed by atoms with Gasteiger partial charge in [0.25, 0.3) is 0 Å². The summed E-state index contributed by atoms with van der Waals surface area (Å²) in [6.07, 6.45) is 3.57. The Labute approximate surface area is 174 Å². The second-order valence-electron chi connectivity index (χ2n) is 7.51. The lowest BCUT2D eigenvalue weighted by Gasteiger charge is -2.37. The summed E-state index contributed by atoms with van der Waals surface area (Å²) in [6, 6.07) is 12.2. The van der Waals surface area contributed by atoms with Gasteiger partial charge in [0.05, 0.1) is 11.6 Å². The zero-order chi connectivity index (χ0) is 20.5. The van der Waals surface area contributed by atoms with Gasteiger partial charge in [-0.25, -0.2) is 9.97 Å². The van der Waals surface area contributed by atoms with Gasteiger partial charge >= 0.3 is 0 Å². The summed E-state index contributed by atoms with van der Waals surface area (Å²) in [6.45, 7) is 7.48. The summed E-state index contributed by atoms with van der Waals surface area (Å²) in [7, 11) is 0. The molecule has 1 atom stereocenters. The Kier molecular flexibility index (Phi) is 4.84. The van der Waals surface area contributed by atoms with E-state index in [9.17, 15) is 0 Å². The summed E-state index contributed by atoms with van der Waals surface area (Å²) in [5.74, 6) is 3.02. The number of nitrogens with zero attached hydrogens (tertiary/aromatic N) is 7. The third-order valence-corrected chi connectivity index (χ3v) is 5.57. The topological polar surface area (TPSA) is 84.1 Å². The number of piperazine rings is 1. The summed E-state index contributed by atoms with van der Waals surface area (Å²) in [5, 5.41) is 4.99. The molecule has 0 radical (unpaired) electrons. The SMILES string of the molecule is Cc1noc(C(C)N2CCN(c3nc(-c4cccnc4)nc4ccccc34)CC2)n1. The molecule has 4 heterocycles. The summed E-state index contributed by atoms with van der Waals surface area (Å²) < 4.78 is 5.37. The molecule has 30 heavy (non-hydrogen) atoms. The van der Waals surface area contributed by atoms with Crippen LogP contribution >= 0.6 is 0 Å². The van der Waals surface area contributed by atoms with Crippen LogP contribution < -0.4 is 4.90 Å². The zero-order valence-corrected chi connectivity index (χ0v) is 17.1. The van der Waals surface area contributed by atoms with E-state index in [4.69, 9.17) is 14.5 Å². The maximum absolute atomic E-state index is 5.37. The average molecular weight is 401 g/mol. The second kappa shape index (κ2) is 7.79. The number of aryl methyl sites for hydroxylation is 1. The molecule has 1 aromatic carbocycles. The van der Waals surface area contributed by atoms with Crippen LogP contribution in [0.15, 0.2) is 53.3 Å². The molecule has 0 saturated carbocycles. The molecule has 8 nitrogen and oxygen atoms in total. The Balaban J connectivity index is 1.42. The van der Waals surface area contributed by atoms with Gasteiger partial charge in [-0.1, -0.05) is 17.3 Å². The maximum atomic E-state index is 5.37. The van der Waals surface area contributed by atoms with Gasteiger partial charge in [0, 0.05) is 49.5 Å². The highest BCUT2D eigenvalue weighted by atomic mass is 16.5. The molecule has 1 aliphatic rings. The molecule has 0 aliphatic carbocycles. The molecule has 1 saturated heterocycles. The normalized spacial score (nSPS) is 16.1. The van der Waals surface area contributed by atoms with Crippen LogP contribution in [0.4, 0.5) is 5.82 Å². The predicted molar refractivity (Wildman–Crippen MR) is 114 cm³/mol. The number of fused-ring (bicyclic) bond motifs is 1. The highest BCUT2D eigenvalue weighted by molar-refractivity contribution is 5.91. The summed E-state index contributed by atoms with van der Waals surface area (Å²) in [5.41, 5.74) is 1.86. The Bertz CT molecular complexity index is 1150. The van der Waals surface area contributed by atoms with Crippen molar-refractivity contribution in [3.63, 3.8) is 0 Å². The molecular weight excluding hydrogens is 378 g/mol. The lowest BCUT2D eigenvalue weighted by Crippen LogP contribution is -2.47. The number of hydrogen-bond donors (Lipinski definition) is 0. The van der Waals surface area contributed by atoms with E-state index in [1.54, 1.807) is 12.4 Å². The fourth-order valence-corrected chi connectivity index (χ4v) is 3.89. The fraction of sp³-hybridized carbons (Fsp3) is 0.318. The molecule has 0 N–H and O–H groups in total. The Morgan fingerprint density at radius 2 is 1.80 bits per heavy atom. The molecule has 152 valence electrons. The first kappa shape index (κ1) is 18.6. The lowest BCUT2D eigenvalue weighted by atomic mass is 10.1. The van der Waals surface area contributed by atoms with Crippen LogP contribution in [-0.4, -0.2) is 56.2 Å². The van der Waals surface area contributed by atoms with E-state index in [-0.39, 0.29) is 6.04 Å². The fourth-order valence-electron chi connectivity index (χ4n) is 3.89. The van der Waals surface area contributed by atoms with Gasteiger partial charge in [-0.3, -0.25) is 9.88 Å². The van der Waals surface area contributed by atoms with Crippen LogP contribution in [-0.2, 0) is 0 Å². The third kappa shape index (κ3) is 3.50. The first-order chi connectivity index (χ1) is 14.7. The minimum Gasteiger partial charge on any atom is -0.353 e. The van der Waals surface area contributed by atoms with Gasteiger partial charge in [0.15, 0.2) is 11.6 Å². The van der Waals surface area contributed by atoms with E-state index < -0.39 is 0 Å². The van der Waals surface area contributed by atoms with Gasteiger partial charge in [-0.2, -0.15) is 4.98 Å². The zero-order valence-electron chi connectivity index (χ0n) is 17.1. The molecule has 1 fully saturated rings. The van der Waals surface area contributed by atoms with Crippen molar-refractivity contribution in [3.05, 3.63) is 60.5 Å². The van der Waals surface area contributed by atoms with Gasteiger partial charge in [0.1, 0.15) is 5.82 Å². The summed E-state index contributed by atoms with van der Waals surface area (Å²) in [4.78, 5) is 23.0. The molecule has 3 aromatic heterocycles.